The van der Waals surface area contributed by atoms with Crippen molar-refractivity contribution in [2.24, 2.45) is 0 Å². The van der Waals surface area contributed by atoms with Crippen LogP contribution >= 0.6 is 53.1 Å². The molecule has 0 aliphatic rings. The molecule has 0 saturated carbocycles. The van der Waals surface area contributed by atoms with Crippen molar-refractivity contribution in [1.82, 2.24) is 0 Å². The first kappa shape index (κ1) is 48.5. The molecule has 0 bridgehead atoms. The van der Waals surface area contributed by atoms with Crippen molar-refractivity contribution < 1.29 is 0 Å². The van der Waals surface area contributed by atoms with E-state index < -0.39 is 52.2 Å². The Bertz CT molecular complexity index is 2190. The second kappa shape index (κ2) is 24.9. The van der Waals surface area contributed by atoms with E-state index in [-0.39, 0.29) is 0 Å². The minimum absolute atomic E-state index is 1.14. The van der Waals surface area contributed by atoms with Gasteiger partial charge in [0.1, 0.15) is 0 Å². The van der Waals surface area contributed by atoms with Gasteiger partial charge in [-0.25, -0.2) is 0 Å². The van der Waals surface area contributed by atoms with Crippen molar-refractivity contribution in [2.45, 2.75) is 29.4 Å². The van der Waals surface area contributed by atoms with Gasteiger partial charge in [-0.3, -0.25) is 0 Å². The van der Waals surface area contributed by atoms with Crippen molar-refractivity contribution in [1.29, 1.82) is 0 Å². The summed E-state index contributed by atoms with van der Waals surface area (Å²) < 4.78 is 4.58. The molecular formula is C54H45S6Sb3. The Morgan fingerprint density at radius 1 is 0.238 bits per heavy atom. The molecule has 0 radical (unpaired) electrons. The Morgan fingerprint density at radius 3 is 0.508 bits per heavy atom. The first-order chi connectivity index (χ1) is 30.8. The molecule has 0 N–H and O–H groups in total. The van der Waals surface area contributed by atoms with Gasteiger partial charge in [0.25, 0.3) is 0 Å². The van der Waals surface area contributed by atoms with Gasteiger partial charge < -0.3 is 0 Å². The summed E-state index contributed by atoms with van der Waals surface area (Å²) in [6, 6.07) is 61.6. The average molecular weight is 1250 g/mol. The summed E-state index contributed by atoms with van der Waals surface area (Å²) in [5, 5.41) is 0. The molecule has 0 saturated heterocycles. The van der Waals surface area contributed by atoms with Gasteiger partial charge in [-0.2, -0.15) is 0 Å². The SMILES string of the molecule is C=Cc1ccc([S][Sb]([S]c2ccc(C=C)cc2)[c]2c[c]([Sb]([S]c3ccc(C=C)cc3)[S]c3ccc(C=C)cc3)c[c]([Sb]([S]c3ccc(C=C)cc3)[S]c3ccc(C=C)cc3)c2)cc1. The predicted molar refractivity (Wildman–Crippen MR) is 297 cm³/mol. The fourth-order valence-electron chi connectivity index (χ4n) is 5.83. The van der Waals surface area contributed by atoms with Gasteiger partial charge >= 0.3 is 418 Å². The normalized spacial score (nSPS) is 11.1. The minimum atomic E-state index is -2.48. The number of hydrogen-bond donors (Lipinski definition) is 0. The second-order valence-electron chi connectivity index (χ2n) is 13.7. The fraction of sp³-hybridized carbons (Fsp3) is 0. The van der Waals surface area contributed by atoms with Crippen LogP contribution in [0.5, 0.6) is 0 Å². The zero-order valence-corrected chi connectivity index (χ0v) is 47.1. The van der Waals surface area contributed by atoms with E-state index in [2.05, 4.69) is 256 Å². The van der Waals surface area contributed by atoms with Crippen molar-refractivity contribution in [3.05, 3.63) is 237 Å². The quantitative estimate of drug-likeness (QED) is 0.0653. The van der Waals surface area contributed by atoms with Gasteiger partial charge in [0, 0.05) is 0 Å². The molecule has 0 aliphatic carbocycles. The van der Waals surface area contributed by atoms with E-state index in [0.29, 0.717) is 0 Å². The molecule has 0 unspecified atom stereocenters. The van der Waals surface area contributed by atoms with Crippen LogP contribution in [-0.2, 0) is 0 Å². The molecule has 7 aromatic rings. The monoisotopic (exact) mass is 1250 g/mol. The fourth-order valence-corrected chi connectivity index (χ4v) is 55.5. The van der Waals surface area contributed by atoms with Crippen LogP contribution in [0.15, 0.2) is 233 Å². The van der Waals surface area contributed by atoms with E-state index in [1.165, 1.54) is 39.9 Å². The van der Waals surface area contributed by atoms with Crippen LogP contribution in [0.4, 0.5) is 0 Å². The summed E-state index contributed by atoms with van der Waals surface area (Å²) in [4.78, 5) is 7.85. The second-order valence-corrected chi connectivity index (χ2v) is 55.1. The Balaban J connectivity index is 1.41. The summed E-state index contributed by atoms with van der Waals surface area (Å²) in [6.45, 7) is 24.1. The van der Waals surface area contributed by atoms with Crippen LogP contribution in [0.25, 0.3) is 36.5 Å². The van der Waals surface area contributed by atoms with Crippen LogP contribution in [0, 0.1) is 0 Å². The van der Waals surface area contributed by atoms with Gasteiger partial charge in [0.2, 0.25) is 0 Å². The molecule has 7 rings (SSSR count). The topological polar surface area (TPSA) is 0 Å². The Labute approximate surface area is 412 Å². The van der Waals surface area contributed by atoms with E-state index >= 15 is 0 Å². The number of rotatable bonds is 21. The summed E-state index contributed by atoms with van der Waals surface area (Å²) in [5.41, 5.74) is 6.83. The van der Waals surface area contributed by atoms with Crippen LogP contribution in [0.2, 0.25) is 0 Å². The van der Waals surface area contributed by atoms with E-state index in [9.17, 15) is 0 Å². The first-order valence-corrected chi connectivity index (χ1v) is 47.1. The van der Waals surface area contributed by atoms with Crippen LogP contribution in [0.3, 0.4) is 0 Å². The van der Waals surface area contributed by atoms with Crippen molar-refractivity contribution >= 4 is 152 Å². The van der Waals surface area contributed by atoms with E-state index in [1.807, 2.05) is 36.5 Å². The molecule has 9 heteroatoms. The molecule has 0 fully saturated rings. The van der Waals surface area contributed by atoms with E-state index in [0.717, 1.165) is 33.4 Å². The summed E-state index contributed by atoms with van der Waals surface area (Å²) >= 11 is -7.44. The molecule has 7 aromatic carbocycles. The summed E-state index contributed by atoms with van der Waals surface area (Å²) in [7, 11) is 12.6. The molecule has 0 aliphatic heterocycles. The number of benzene rings is 7. The van der Waals surface area contributed by atoms with Crippen LogP contribution in [-0.4, -0.2) is 52.2 Å². The van der Waals surface area contributed by atoms with Crippen molar-refractivity contribution in [3.63, 3.8) is 0 Å². The van der Waals surface area contributed by atoms with Gasteiger partial charge in [-0.05, 0) is 0 Å². The summed E-state index contributed by atoms with van der Waals surface area (Å²) in [6.07, 6.45) is 11.5. The number of hydrogen-bond acceptors (Lipinski definition) is 6. The van der Waals surface area contributed by atoms with Crippen molar-refractivity contribution in [3.8, 4) is 0 Å². The average Bonchev–Trinajstić information content (AvgIpc) is 3.34. The molecule has 0 atom stereocenters. The summed E-state index contributed by atoms with van der Waals surface area (Å²) in [5.74, 6) is 0. The predicted octanol–water partition coefficient (Wildman–Crippen LogP) is 15.4. The molecular weight excluding hydrogens is 1210 g/mol. The molecule has 0 nitrogen and oxygen atoms in total. The van der Waals surface area contributed by atoms with Gasteiger partial charge in [0.05, 0.1) is 0 Å². The Hall–Kier alpha value is -2.47. The van der Waals surface area contributed by atoms with Crippen LogP contribution in [0.1, 0.15) is 33.4 Å². The zero-order valence-electron chi connectivity index (χ0n) is 34.6. The van der Waals surface area contributed by atoms with Crippen molar-refractivity contribution in [2.75, 3.05) is 0 Å². The molecule has 312 valence electrons. The Kier molecular flexibility index (Phi) is 19.1. The van der Waals surface area contributed by atoms with E-state index in [1.54, 1.807) is 0 Å². The van der Waals surface area contributed by atoms with Gasteiger partial charge in [-0.1, -0.05) is 0 Å². The van der Waals surface area contributed by atoms with Crippen LogP contribution < -0.4 is 10.5 Å². The molecule has 0 amide bonds. The van der Waals surface area contributed by atoms with Gasteiger partial charge in [0.15, 0.2) is 0 Å². The molecule has 63 heavy (non-hydrogen) atoms. The Morgan fingerprint density at radius 2 is 0.381 bits per heavy atom. The third kappa shape index (κ3) is 14.3. The maximum atomic E-state index is 4.02. The first-order valence-electron chi connectivity index (χ1n) is 19.8. The molecule has 0 aromatic heterocycles. The third-order valence-corrected chi connectivity index (χ3v) is 55.9. The van der Waals surface area contributed by atoms with E-state index in [4.69, 9.17) is 0 Å². The molecule has 0 heterocycles. The standard InChI is InChI=1S/6C8H8S.C6H3.3Sb/c6*1-2-7-3-5-8(9)6-4-7;1-2-4-6-5-3-1;;;/h6*2-6,9H,1H2;1,4-5H;;;/q;;;;;;;3*+2/p-6. The molecule has 0 spiro atoms. The maximum absolute atomic E-state index is 4.02. The zero-order chi connectivity index (χ0) is 44.0. The van der Waals surface area contributed by atoms with Gasteiger partial charge in [-0.15, -0.1) is 0 Å². The third-order valence-electron chi connectivity index (χ3n) is 9.34.